The highest BCUT2D eigenvalue weighted by Crippen LogP contribution is 2.26. The zero-order valence-electron chi connectivity index (χ0n) is 17.0. The molecule has 6 nitrogen and oxygen atoms in total. The molecule has 0 aliphatic carbocycles. The summed E-state index contributed by atoms with van der Waals surface area (Å²) in [5.74, 6) is -0.839. The summed E-state index contributed by atoms with van der Waals surface area (Å²) in [6.45, 7) is 2.35. The van der Waals surface area contributed by atoms with Crippen molar-refractivity contribution in [2.75, 3.05) is 35.8 Å². The van der Waals surface area contributed by atoms with Gasteiger partial charge in [-0.1, -0.05) is 35.9 Å². The van der Waals surface area contributed by atoms with Crippen molar-refractivity contribution in [3.8, 4) is 0 Å². The van der Waals surface area contributed by atoms with E-state index in [4.69, 9.17) is 11.6 Å². The number of benzene rings is 3. The highest BCUT2D eigenvalue weighted by atomic mass is 35.5. The molecule has 0 bridgehead atoms. The fourth-order valence-electron chi connectivity index (χ4n) is 3.57. The van der Waals surface area contributed by atoms with Gasteiger partial charge >= 0.3 is 0 Å². The molecule has 4 rings (SSSR count). The summed E-state index contributed by atoms with van der Waals surface area (Å²) in [6, 6.07) is 18.7. The number of nitrogens with zero attached hydrogens (tertiary/aromatic N) is 2. The van der Waals surface area contributed by atoms with Gasteiger partial charge in [0, 0.05) is 31.7 Å². The van der Waals surface area contributed by atoms with E-state index < -0.39 is 15.8 Å². The van der Waals surface area contributed by atoms with Crippen LogP contribution < -0.4 is 9.62 Å². The summed E-state index contributed by atoms with van der Waals surface area (Å²) < 4.78 is 41.1. The van der Waals surface area contributed by atoms with Crippen LogP contribution in [0.25, 0.3) is 0 Å². The van der Waals surface area contributed by atoms with Crippen LogP contribution in [0.1, 0.15) is 10.4 Å². The molecule has 0 saturated carbocycles. The van der Waals surface area contributed by atoms with Gasteiger partial charge in [-0.05, 0) is 48.5 Å². The first-order valence-corrected chi connectivity index (χ1v) is 11.9. The summed E-state index contributed by atoms with van der Waals surface area (Å²) in [5.41, 5.74) is 1.20. The van der Waals surface area contributed by atoms with Gasteiger partial charge in [-0.2, -0.15) is 0 Å². The van der Waals surface area contributed by atoms with Crippen LogP contribution in [0.4, 0.5) is 15.8 Å². The molecule has 1 aliphatic heterocycles. The molecule has 1 heterocycles. The summed E-state index contributed by atoms with van der Waals surface area (Å²) in [5, 5.41) is 0.674. The average Bonchev–Trinajstić information content (AvgIpc) is 2.81. The van der Waals surface area contributed by atoms with Crippen LogP contribution in [0.2, 0.25) is 5.02 Å². The SMILES string of the molecule is O=C(c1ccc(S(=O)(=O)Nc2ccccc2F)cc1)N1CCN(c2ccccc2Cl)CC1. The van der Waals surface area contributed by atoms with Gasteiger partial charge in [0.1, 0.15) is 5.82 Å². The molecule has 9 heteroatoms. The average molecular weight is 474 g/mol. The number of hydrogen-bond donors (Lipinski definition) is 1. The number of hydrogen-bond acceptors (Lipinski definition) is 4. The van der Waals surface area contributed by atoms with E-state index in [2.05, 4.69) is 9.62 Å². The first-order chi connectivity index (χ1) is 15.3. The van der Waals surface area contributed by atoms with Crippen molar-refractivity contribution in [2.24, 2.45) is 0 Å². The Morgan fingerprint density at radius 2 is 1.50 bits per heavy atom. The summed E-state index contributed by atoms with van der Waals surface area (Å²) in [6.07, 6.45) is 0. The molecule has 3 aromatic rings. The Bertz CT molecular complexity index is 1230. The Morgan fingerprint density at radius 1 is 0.875 bits per heavy atom. The third kappa shape index (κ3) is 4.71. The summed E-state index contributed by atoms with van der Waals surface area (Å²) in [7, 11) is -3.98. The number of amides is 1. The molecule has 1 N–H and O–H groups in total. The van der Waals surface area contributed by atoms with Crippen LogP contribution in [0.5, 0.6) is 0 Å². The summed E-state index contributed by atoms with van der Waals surface area (Å²) >= 11 is 6.27. The van der Waals surface area contributed by atoms with Crippen molar-refractivity contribution in [1.29, 1.82) is 0 Å². The minimum Gasteiger partial charge on any atom is -0.367 e. The van der Waals surface area contributed by atoms with E-state index in [-0.39, 0.29) is 16.5 Å². The number of halogens is 2. The van der Waals surface area contributed by atoms with Gasteiger partial charge < -0.3 is 9.80 Å². The lowest BCUT2D eigenvalue weighted by molar-refractivity contribution is 0.0746. The normalized spacial score (nSPS) is 14.3. The molecule has 166 valence electrons. The minimum absolute atomic E-state index is 0.0548. The molecule has 32 heavy (non-hydrogen) atoms. The lowest BCUT2D eigenvalue weighted by Crippen LogP contribution is -2.48. The van der Waals surface area contributed by atoms with Crippen molar-refractivity contribution in [3.05, 3.63) is 89.2 Å². The summed E-state index contributed by atoms with van der Waals surface area (Å²) in [4.78, 5) is 16.7. The minimum atomic E-state index is -3.98. The molecule has 3 aromatic carbocycles. The van der Waals surface area contributed by atoms with E-state index in [1.165, 1.54) is 48.5 Å². The zero-order chi connectivity index (χ0) is 22.7. The van der Waals surface area contributed by atoms with E-state index in [1.54, 1.807) is 4.90 Å². The van der Waals surface area contributed by atoms with Crippen molar-refractivity contribution < 1.29 is 17.6 Å². The molecule has 0 atom stereocenters. The van der Waals surface area contributed by atoms with Crippen LogP contribution in [0.15, 0.2) is 77.7 Å². The molecular formula is C23H21ClFN3O3S. The largest absolute Gasteiger partial charge is 0.367 e. The second kappa shape index (κ2) is 9.18. The maximum Gasteiger partial charge on any atom is 0.261 e. The number of carbonyl (C=O) groups excluding carboxylic acids is 1. The number of nitrogens with one attached hydrogen (secondary N) is 1. The highest BCUT2D eigenvalue weighted by molar-refractivity contribution is 7.92. The maximum absolute atomic E-state index is 13.8. The van der Waals surface area contributed by atoms with Crippen molar-refractivity contribution in [2.45, 2.75) is 4.90 Å². The van der Waals surface area contributed by atoms with Crippen LogP contribution >= 0.6 is 11.6 Å². The smallest absolute Gasteiger partial charge is 0.261 e. The van der Waals surface area contributed by atoms with Gasteiger partial charge in [-0.25, -0.2) is 12.8 Å². The topological polar surface area (TPSA) is 69.7 Å². The standard InChI is InChI=1S/C23H21ClFN3O3S/c24-19-5-1-4-8-22(19)27-13-15-28(16-14-27)23(29)17-9-11-18(12-10-17)32(30,31)26-21-7-3-2-6-20(21)25/h1-12,26H,13-16H2. The third-order valence-corrected chi connectivity index (χ3v) is 6.99. The number of para-hydroxylation sites is 2. The molecule has 0 spiro atoms. The monoisotopic (exact) mass is 473 g/mol. The number of rotatable bonds is 5. The zero-order valence-corrected chi connectivity index (χ0v) is 18.6. The van der Waals surface area contributed by atoms with Gasteiger partial charge in [-0.15, -0.1) is 0 Å². The Hall–Kier alpha value is -3.10. The Labute approximate surface area is 191 Å². The quantitative estimate of drug-likeness (QED) is 0.601. The van der Waals surface area contributed by atoms with E-state index in [1.807, 2.05) is 24.3 Å². The molecule has 0 aromatic heterocycles. The molecule has 0 radical (unpaired) electrons. The van der Waals surface area contributed by atoms with E-state index in [9.17, 15) is 17.6 Å². The van der Waals surface area contributed by atoms with Crippen LogP contribution in [-0.2, 0) is 10.0 Å². The first kappa shape index (κ1) is 22.1. The van der Waals surface area contributed by atoms with Gasteiger partial charge in [0.25, 0.3) is 15.9 Å². The van der Waals surface area contributed by atoms with Gasteiger partial charge in [-0.3, -0.25) is 9.52 Å². The van der Waals surface area contributed by atoms with E-state index >= 15 is 0 Å². The Morgan fingerprint density at radius 3 is 2.16 bits per heavy atom. The van der Waals surface area contributed by atoms with Crippen LogP contribution in [0.3, 0.4) is 0 Å². The van der Waals surface area contributed by atoms with Crippen LogP contribution in [-0.4, -0.2) is 45.4 Å². The predicted molar refractivity (Wildman–Crippen MR) is 123 cm³/mol. The second-order valence-electron chi connectivity index (χ2n) is 7.34. The lowest BCUT2D eigenvalue weighted by atomic mass is 10.1. The highest BCUT2D eigenvalue weighted by Gasteiger charge is 2.24. The predicted octanol–water partition coefficient (Wildman–Crippen LogP) is 4.24. The number of sulfonamides is 1. The van der Waals surface area contributed by atoms with Crippen molar-refractivity contribution in [1.82, 2.24) is 4.90 Å². The van der Waals surface area contributed by atoms with E-state index in [0.717, 1.165) is 5.69 Å². The van der Waals surface area contributed by atoms with Gasteiger partial charge in [0.15, 0.2) is 0 Å². The fraction of sp³-hybridized carbons (Fsp3) is 0.174. The van der Waals surface area contributed by atoms with Crippen molar-refractivity contribution in [3.63, 3.8) is 0 Å². The lowest BCUT2D eigenvalue weighted by Gasteiger charge is -2.36. The molecule has 1 fully saturated rings. The van der Waals surface area contributed by atoms with Crippen molar-refractivity contribution >= 4 is 38.9 Å². The molecule has 0 unspecified atom stereocenters. The fourth-order valence-corrected chi connectivity index (χ4v) is 4.89. The third-order valence-electron chi connectivity index (χ3n) is 5.29. The van der Waals surface area contributed by atoms with Gasteiger partial charge in [0.05, 0.1) is 21.3 Å². The first-order valence-electron chi connectivity index (χ1n) is 10.0. The maximum atomic E-state index is 13.8. The van der Waals surface area contributed by atoms with Crippen LogP contribution in [0, 0.1) is 5.82 Å². The Kier molecular flexibility index (Phi) is 6.34. The number of piperazine rings is 1. The molecule has 1 aliphatic rings. The number of anilines is 2. The van der Waals surface area contributed by atoms with Gasteiger partial charge in [0.2, 0.25) is 0 Å². The van der Waals surface area contributed by atoms with E-state index in [0.29, 0.717) is 36.8 Å². The molecule has 1 amide bonds. The second-order valence-corrected chi connectivity index (χ2v) is 9.43. The number of carbonyl (C=O) groups is 1. The molecular weight excluding hydrogens is 453 g/mol. The Balaban J connectivity index is 1.41. The molecule has 1 saturated heterocycles.